The van der Waals surface area contributed by atoms with Crippen molar-refractivity contribution in [1.29, 1.82) is 0 Å². The molecular weight excluding hydrogens is 249 g/mol. The van der Waals surface area contributed by atoms with Gasteiger partial charge in [-0.05, 0) is 13.0 Å². The van der Waals surface area contributed by atoms with Gasteiger partial charge in [-0.1, -0.05) is 0 Å². The number of alkyl halides is 5. The number of aryl methyl sites for hydroxylation is 1. The number of pyridine rings is 1. The smallest absolute Gasteiger partial charge is 0.418 e. The van der Waals surface area contributed by atoms with E-state index in [1.807, 2.05) is 0 Å². The maximum Gasteiger partial charge on any atom is 0.418 e. The monoisotopic (exact) mass is 255 g/mol. The Bertz CT molecular complexity index is 455. The Balaban J connectivity index is 3.55. The number of aromatic carboxylic acids is 1. The number of carboxylic acid groups (broad SMARTS) is 1. The summed E-state index contributed by atoms with van der Waals surface area (Å²) in [6, 6.07) is 0.239. The van der Waals surface area contributed by atoms with Crippen molar-refractivity contribution in [3.63, 3.8) is 0 Å². The number of nitrogens with zero attached hydrogens (tertiary/aromatic N) is 1. The van der Waals surface area contributed by atoms with Crippen LogP contribution < -0.4 is 0 Å². The number of aromatic nitrogens is 1. The zero-order valence-electron chi connectivity index (χ0n) is 8.35. The van der Waals surface area contributed by atoms with Gasteiger partial charge in [0.25, 0.3) is 6.43 Å². The molecule has 0 aromatic carbocycles. The van der Waals surface area contributed by atoms with E-state index in [0.717, 1.165) is 6.92 Å². The van der Waals surface area contributed by atoms with E-state index in [1.165, 1.54) is 0 Å². The number of carbonyl (C=O) groups is 1. The van der Waals surface area contributed by atoms with Crippen LogP contribution in [0.1, 0.15) is 33.7 Å². The maximum absolute atomic E-state index is 12.5. The number of hydrogen-bond donors (Lipinski definition) is 1. The zero-order valence-corrected chi connectivity index (χ0v) is 8.35. The minimum atomic E-state index is -5.00. The predicted molar refractivity (Wildman–Crippen MR) is 45.9 cm³/mol. The summed E-state index contributed by atoms with van der Waals surface area (Å²) in [6.07, 6.45) is -8.42. The molecule has 0 aliphatic heterocycles. The van der Waals surface area contributed by atoms with Crippen molar-refractivity contribution in [3.05, 3.63) is 28.6 Å². The van der Waals surface area contributed by atoms with Crippen LogP contribution in [0.2, 0.25) is 0 Å². The van der Waals surface area contributed by atoms with Gasteiger partial charge >= 0.3 is 12.1 Å². The van der Waals surface area contributed by atoms with Crippen LogP contribution in [0.3, 0.4) is 0 Å². The van der Waals surface area contributed by atoms with Gasteiger partial charge in [-0.25, -0.2) is 18.6 Å². The van der Waals surface area contributed by atoms with Crippen molar-refractivity contribution >= 4 is 5.97 Å². The Morgan fingerprint density at radius 1 is 1.41 bits per heavy atom. The van der Waals surface area contributed by atoms with Gasteiger partial charge in [0, 0.05) is 5.56 Å². The molecule has 94 valence electrons. The molecule has 0 saturated heterocycles. The van der Waals surface area contributed by atoms with Crippen molar-refractivity contribution in [3.8, 4) is 0 Å². The molecule has 1 rings (SSSR count). The highest BCUT2D eigenvalue weighted by molar-refractivity contribution is 5.85. The average Bonchev–Trinajstić information content (AvgIpc) is 2.13. The van der Waals surface area contributed by atoms with Crippen LogP contribution in [0.15, 0.2) is 6.07 Å². The molecule has 3 nitrogen and oxygen atoms in total. The molecule has 0 aliphatic carbocycles. The van der Waals surface area contributed by atoms with Gasteiger partial charge in [-0.15, -0.1) is 0 Å². The van der Waals surface area contributed by atoms with Gasteiger partial charge in [-0.2, -0.15) is 13.2 Å². The molecule has 0 spiro atoms. The molecule has 1 aromatic rings. The Morgan fingerprint density at radius 3 is 2.29 bits per heavy atom. The lowest BCUT2D eigenvalue weighted by molar-refractivity contribution is -0.140. The highest BCUT2D eigenvalue weighted by atomic mass is 19.4. The van der Waals surface area contributed by atoms with Crippen LogP contribution in [0, 0.1) is 6.92 Å². The third kappa shape index (κ3) is 2.69. The van der Waals surface area contributed by atoms with E-state index in [9.17, 15) is 26.7 Å². The first kappa shape index (κ1) is 13.3. The quantitative estimate of drug-likeness (QED) is 0.826. The summed E-state index contributed by atoms with van der Waals surface area (Å²) in [5.74, 6) is -1.66. The third-order valence-electron chi connectivity index (χ3n) is 1.97. The van der Waals surface area contributed by atoms with Gasteiger partial charge < -0.3 is 5.11 Å². The number of carboxylic acids is 1. The fourth-order valence-corrected chi connectivity index (χ4v) is 1.35. The maximum atomic E-state index is 12.5. The van der Waals surface area contributed by atoms with E-state index < -0.39 is 41.1 Å². The lowest BCUT2D eigenvalue weighted by Crippen LogP contribution is -2.16. The molecule has 1 N–H and O–H groups in total. The molecule has 1 aromatic heterocycles. The zero-order chi connectivity index (χ0) is 13.4. The van der Waals surface area contributed by atoms with Crippen molar-refractivity contribution in [2.75, 3.05) is 0 Å². The summed E-state index contributed by atoms with van der Waals surface area (Å²) in [5, 5.41) is 8.52. The minimum absolute atomic E-state index is 0.239. The van der Waals surface area contributed by atoms with E-state index in [-0.39, 0.29) is 6.07 Å². The first-order chi connectivity index (χ1) is 7.64. The first-order valence-electron chi connectivity index (χ1n) is 4.24. The largest absolute Gasteiger partial charge is 0.477 e. The van der Waals surface area contributed by atoms with Crippen LogP contribution >= 0.6 is 0 Å². The lowest BCUT2D eigenvalue weighted by atomic mass is 10.1. The molecule has 1 heterocycles. The van der Waals surface area contributed by atoms with Crippen LogP contribution in [0.5, 0.6) is 0 Å². The summed E-state index contributed by atoms with van der Waals surface area (Å²) < 4.78 is 62.4. The fourth-order valence-electron chi connectivity index (χ4n) is 1.35. The molecule has 0 aliphatic rings. The van der Waals surface area contributed by atoms with E-state index in [1.54, 1.807) is 0 Å². The van der Waals surface area contributed by atoms with Crippen LogP contribution in [-0.2, 0) is 6.18 Å². The molecule has 0 unspecified atom stereocenters. The second-order valence-corrected chi connectivity index (χ2v) is 3.16. The first-order valence-corrected chi connectivity index (χ1v) is 4.24. The Kier molecular flexibility index (Phi) is 3.35. The van der Waals surface area contributed by atoms with E-state index in [2.05, 4.69) is 4.98 Å². The highest BCUT2D eigenvalue weighted by Crippen LogP contribution is 2.38. The topological polar surface area (TPSA) is 50.2 Å². The second-order valence-electron chi connectivity index (χ2n) is 3.16. The van der Waals surface area contributed by atoms with Gasteiger partial charge in [0.05, 0.1) is 11.3 Å². The van der Waals surface area contributed by atoms with E-state index in [4.69, 9.17) is 5.11 Å². The summed E-state index contributed by atoms with van der Waals surface area (Å²) in [5.41, 5.74) is -4.58. The standard InChI is InChI=1S/C9H6F5NO2/c1-3-6(9(12,13)14)4(7(10)11)2-5(15-3)8(16)17/h2,7H,1H3,(H,16,17). The minimum Gasteiger partial charge on any atom is -0.477 e. The molecule has 17 heavy (non-hydrogen) atoms. The Morgan fingerprint density at radius 2 is 1.94 bits per heavy atom. The number of hydrogen-bond acceptors (Lipinski definition) is 2. The normalized spacial score (nSPS) is 11.9. The van der Waals surface area contributed by atoms with Crippen molar-refractivity contribution in [2.45, 2.75) is 19.5 Å². The molecule has 0 saturated carbocycles. The molecular formula is C9H6F5NO2. The van der Waals surface area contributed by atoms with E-state index in [0.29, 0.717) is 0 Å². The van der Waals surface area contributed by atoms with Gasteiger partial charge in [0.15, 0.2) is 0 Å². The molecule has 0 bridgehead atoms. The molecule has 0 atom stereocenters. The summed E-state index contributed by atoms with van der Waals surface area (Å²) in [4.78, 5) is 13.6. The Hall–Kier alpha value is -1.73. The van der Waals surface area contributed by atoms with Crippen molar-refractivity contribution < 1.29 is 31.9 Å². The molecule has 0 radical (unpaired) electrons. The Labute approximate surface area is 91.9 Å². The van der Waals surface area contributed by atoms with Crippen LogP contribution in [0.4, 0.5) is 22.0 Å². The summed E-state index contributed by atoms with van der Waals surface area (Å²) in [7, 11) is 0. The second kappa shape index (κ2) is 4.27. The van der Waals surface area contributed by atoms with Crippen LogP contribution in [0.25, 0.3) is 0 Å². The number of rotatable bonds is 2. The molecule has 0 fully saturated rings. The van der Waals surface area contributed by atoms with E-state index >= 15 is 0 Å². The SMILES string of the molecule is Cc1nc(C(=O)O)cc(C(F)F)c1C(F)(F)F. The van der Waals surface area contributed by atoms with Crippen molar-refractivity contribution in [2.24, 2.45) is 0 Å². The predicted octanol–water partition coefficient (Wildman–Crippen LogP) is 3.04. The number of halogens is 5. The van der Waals surface area contributed by atoms with Crippen molar-refractivity contribution in [1.82, 2.24) is 4.98 Å². The fraction of sp³-hybridized carbons (Fsp3) is 0.333. The van der Waals surface area contributed by atoms with Gasteiger partial charge in [-0.3, -0.25) is 0 Å². The molecule has 0 amide bonds. The summed E-state index contributed by atoms with van der Waals surface area (Å²) >= 11 is 0. The lowest BCUT2D eigenvalue weighted by Gasteiger charge is -2.15. The van der Waals surface area contributed by atoms with Gasteiger partial charge in [0.1, 0.15) is 5.69 Å². The van der Waals surface area contributed by atoms with Crippen LogP contribution in [-0.4, -0.2) is 16.1 Å². The molecule has 8 heteroatoms. The third-order valence-corrected chi connectivity index (χ3v) is 1.97. The highest BCUT2D eigenvalue weighted by Gasteiger charge is 2.38. The average molecular weight is 255 g/mol. The summed E-state index contributed by atoms with van der Waals surface area (Å²) in [6.45, 7) is 0.834. The van der Waals surface area contributed by atoms with Gasteiger partial charge in [0.2, 0.25) is 0 Å².